The molecule has 8 atom stereocenters. The lowest BCUT2D eigenvalue weighted by molar-refractivity contribution is -0.175. The van der Waals surface area contributed by atoms with Crippen molar-refractivity contribution < 1.29 is 19.4 Å². The van der Waals surface area contributed by atoms with Gasteiger partial charge in [-0.05, 0) is 93.4 Å². The van der Waals surface area contributed by atoms with E-state index in [1.165, 1.54) is 5.56 Å². The number of aliphatic hydroxyl groups is 2. The topological polar surface area (TPSA) is 73.9 Å². The molecule has 5 nitrogen and oxygen atoms in total. The van der Waals surface area contributed by atoms with Crippen LogP contribution in [0.2, 0.25) is 0 Å². The van der Waals surface area contributed by atoms with Crippen LogP contribution >= 0.6 is 0 Å². The van der Waals surface area contributed by atoms with Crippen LogP contribution in [0.4, 0.5) is 0 Å². The lowest BCUT2D eigenvalue weighted by Gasteiger charge is -2.71. The second-order valence-electron chi connectivity index (χ2n) is 14.6. The molecule has 3 saturated carbocycles. The Bertz CT molecular complexity index is 1380. The van der Waals surface area contributed by atoms with E-state index in [1.807, 2.05) is 0 Å². The van der Waals surface area contributed by atoms with E-state index in [9.17, 15) is 15.0 Å². The van der Waals surface area contributed by atoms with E-state index in [4.69, 9.17) is 4.42 Å². The summed E-state index contributed by atoms with van der Waals surface area (Å²) in [5, 5.41) is 23.4. The van der Waals surface area contributed by atoms with Crippen molar-refractivity contribution in [3.8, 4) is 0 Å². The van der Waals surface area contributed by atoms with E-state index < -0.39 is 11.0 Å². The van der Waals surface area contributed by atoms with Crippen molar-refractivity contribution in [2.24, 2.45) is 33.5 Å². The molecule has 0 amide bonds. The van der Waals surface area contributed by atoms with Gasteiger partial charge in [-0.25, -0.2) is 0 Å². The molecule has 6 aliphatic carbocycles. The van der Waals surface area contributed by atoms with Gasteiger partial charge in [0.15, 0.2) is 5.76 Å². The maximum atomic E-state index is 14.3. The zero-order valence-electron chi connectivity index (χ0n) is 24.8. The third-order valence-electron chi connectivity index (χ3n) is 12.9. The van der Waals surface area contributed by atoms with E-state index in [0.717, 1.165) is 57.1 Å². The molecular formula is C36H45NO4. The minimum atomic E-state index is -0.828. The number of rotatable bonds is 7. The number of hydrogen-bond donors (Lipinski definition) is 2. The molecule has 3 fully saturated rings. The second kappa shape index (κ2) is 9.26. The molecule has 1 heterocycles. The quantitative estimate of drug-likeness (QED) is 0.313. The highest BCUT2D eigenvalue weighted by molar-refractivity contribution is 6.08. The molecule has 5 heteroatoms. The Balaban J connectivity index is 1.26. The summed E-state index contributed by atoms with van der Waals surface area (Å²) in [4.78, 5) is 16.6. The van der Waals surface area contributed by atoms with Crippen LogP contribution < -0.4 is 0 Å². The number of nitrogens with zero attached hydrogens (tertiary/aromatic N) is 1. The summed E-state index contributed by atoms with van der Waals surface area (Å²) in [6.07, 6.45) is 15.2. The van der Waals surface area contributed by atoms with Crippen LogP contribution in [0.25, 0.3) is 0 Å². The number of Topliss-reactive ketones (excluding diaryl/α,β-unsaturated/α-hetero) is 1. The monoisotopic (exact) mass is 555 g/mol. The standard InChI is InChI=1S/C36H45NO4/c1-32-15-11-26(38)22-34(32)18-19-36(27(23-34)31(39)28-10-7-21-41-28)29(32)12-16-33(2)30(36)13-17-35(33,40)24-37(3)20-14-25-8-5-4-6-9-25/h4-10,18-19,21,23,26,29-30,38,40H,11-17,20,22,24H2,1-3H3. The Hall–Kier alpha value is -2.47. The van der Waals surface area contributed by atoms with Crippen LogP contribution in [0.5, 0.6) is 0 Å². The average Bonchev–Trinajstić information content (AvgIpc) is 3.59. The summed E-state index contributed by atoms with van der Waals surface area (Å²) in [6.45, 7) is 6.27. The maximum absolute atomic E-state index is 14.3. The molecule has 2 N–H and O–H groups in total. The molecule has 0 radical (unpaired) electrons. The number of ketones is 1. The van der Waals surface area contributed by atoms with Gasteiger partial charge in [0.25, 0.3) is 0 Å². The number of allylic oxidation sites excluding steroid dienone is 4. The fourth-order valence-corrected chi connectivity index (χ4v) is 10.6. The maximum Gasteiger partial charge on any atom is 0.224 e. The molecule has 1 aromatic carbocycles. The normalized spacial score (nSPS) is 42.5. The van der Waals surface area contributed by atoms with Gasteiger partial charge in [-0.1, -0.05) is 62.4 Å². The Morgan fingerprint density at radius 3 is 2.46 bits per heavy atom. The Morgan fingerprint density at radius 2 is 1.71 bits per heavy atom. The Labute approximate surface area is 244 Å². The fraction of sp³-hybridized carbons (Fsp3) is 0.583. The number of aliphatic hydroxyl groups excluding tert-OH is 1. The van der Waals surface area contributed by atoms with Gasteiger partial charge in [0.05, 0.1) is 18.0 Å². The summed E-state index contributed by atoms with van der Waals surface area (Å²) in [7, 11) is 2.14. The van der Waals surface area contributed by atoms with Gasteiger partial charge in [0.1, 0.15) is 0 Å². The van der Waals surface area contributed by atoms with Crippen molar-refractivity contribution in [3.05, 3.63) is 83.9 Å². The molecule has 0 saturated heterocycles. The van der Waals surface area contributed by atoms with E-state index in [2.05, 4.69) is 74.4 Å². The lowest BCUT2D eigenvalue weighted by atomic mass is 9.32. The molecular weight excluding hydrogens is 510 g/mol. The summed E-state index contributed by atoms with van der Waals surface area (Å²) in [6, 6.07) is 14.1. The highest BCUT2D eigenvalue weighted by Crippen LogP contribution is 2.78. The molecule has 1 aromatic heterocycles. The third-order valence-corrected chi connectivity index (χ3v) is 12.9. The van der Waals surface area contributed by atoms with Crippen LogP contribution in [0.3, 0.4) is 0 Å². The van der Waals surface area contributed by atoms with Crippen LogP contribution in [0.1, 0.15) is 74.9 Å². The molecule has 41 heavy (non-hydrogen) atoms. The van der Waals surface area contributed by atoms with Crippen LogP contribution in [0.15, 0.2) is 76.9 Å². The van der Waals surface area contributed by atoms with E-state index in [1.54, 1.807) is 18.4 Å². The minimum Gasteiger partial charge on any atom is -0.461 e. The van der Waals surface area contributed by atoms with Crippen molar-refractivity contribution in [1.29, 1.82) is 0 Å². The van der Waals surface area contributed by atoms with Crippen molar-refractivity contribution in [1.82, 2.24) is 4.90 Å². The van der Waals surface area contributed by atoms with E-state index in [-0.39, 0.29) is 34.1 Å². The zero-order chi connectivity index (χ0) is 28.7. The van der Waals surface area contributed by atoms with Crippen molar-refractivity contribution in [2.75, 3.05) is 20.1 Å². The van der Waals surface area contributed by atoms with Gasteiger partial charge in [0, 0.05) is 34.9 Å². The number of likely N-dealkylation sites (N-methyl/N-ethyl adjacent to an activating group) is 1. The number of hydrogen-bond acceptors (Lipinski definition) is 5. The Kier molecular flexibility index (Phi) is 6.18. The number of carbonyl (C=O) groups is 1. The molecule has 8 rings (SSSR count). The SMILES string of the molecule is CN(CCc1ccccc1)CC1(O)CCC2C34C=CC5(C=C3C(=O)c3ccco3)CC(O)CCC5(C)C4CCC21C. The van der Waals surface area contributed by atoms with Crippen molar-refractivity contribution in [2.45, 2.75) is 76.9 Å². The van der Waals surface area contributed by atoms with Gasteiger partial charge < -0.3 is 19.5 Å². The van der Waals surface area contributed by atoms with Gasteiger partial charge in [-0.2, -0.15) is 0 Å². The van der Waals surface area contributed by atoms with Gasteiger partial charge in [-0.15, -0.1) is 0 Å². The first-order valence-corrected chi connectivity index (χ1v) is 15.7. The summed E-state index contributed by atoms with van der Waals surface area (Å²) >= 11 is 0. The first-order valence-electron chi connectivity index (χ1n) is 15.7. The van der Waals surface area contributed by atoms with Crippen LogP contribution in [-0.2, 0) is 6.42 Å². The molecule has 2 aromatic rings. The zero-order valence-corrected chi connectivity index (χ0v) is 24.8. The first-order chi connectivity index (χ1) is 19.6. The third kappa shape index (κ3) is 3.68. The van der Waals surface area contributed by atoms with Crippen LogP contribution in [0, 0.1) is 33.5 Å². The Morgan fingerprint density at radius 1 is 0.976 bits per heavy atom. The van der Waals surface area contributed by atoms with E-state index >= 15 is 0 Å². The van der Waals surface area contributed by atoms with Gasteiger partial charge in [-0.3, -0.25) is 4.79 Å². The average molecular weight is 556 g/mol. The van der Waals surface area contributed by atoms with E-state index in [0.29, 0.717) is 24.6 Å². The predicted molar refractivity (Wildman–Crippen MR) is 159 cm³/mol. The minimum absolute atomic E-state index is 0.0227. The van der Waals surface area contributed by atoms with Crippen molar-refractivity contribution >= 4 is 5.78 Å². The lowest BCUT2D eigenvalue weighted by Crippen LogP contribution is -2.67. The number of furan rings is 1. The number of carbonyl (C=O) groups excluding carboxylic acids is 1. The smallest absolute Gasteiger partial charge is 0.224 e. The first kappa shape index (κ1) is 27.4. The number of benzene rings is 1. The molecule has 2 spiro atoms. The largest absolute Gasteiger partial charge is 0.461 e. The number of fused-ring (bicyclic) bond motifs is 1. The molecule has 2 bridgehead atoms. The van der Waals surface area contributed by atoms with Crippen LogP contribution in [-0.4, -0.2) is 52.7 Å². The highest BCUT2D eigenvalue weighted by atomic mass is 16.3. The highest BCUT2D eigenvalue weighted by Gasteiger charge is 2.74. The van der Waals surface area contributed by atoms with Gasteiger partial charge in [0.2, 0.25) is 5.78 Å². The second-order valence-corrected chi connectivity index (χ2v) is 14.6. The predicted octanol–water partition coefficient (Wildman–Crippen LogP) is 6.23. The van der Waals surface area contributed by atoms with Crippen molar-refractivity contribution in [3.63, 3.8) is 0 Å². The van der Waals surface area contributed by atoms with Gasteiger partial charge >= 0.3 is 0 Å². The molecule has 218 valence electrons. The molecule has 6 aliphatic rings. The summed E-state index contributed by atoms with van der Waals surface area (Å²) < 4.78 is 5.69. The fourth-order valence-electron chi connectivity index (χ4n) is 10.6. The molecule has 0 aliphatic heterocycles. The summed E-state index contributed by atoms with van der Waals surface area (Å²) in [5.41, 5.74) is 0.227. The molecule has 8 unspecified atom stereocenters. The summed E-state index contributed by atoms with van der Waals surface area (Å²) in [5.74, 6) is 0.818.